The van der Waals surface area contributed by atoms with E-state index in [4.69, 9.17) is 11.6 Å². The summed E-state index contributed by atoms with van der Waals surface area (Å²) < 4.78 is 79.9. The molecule has 1 N–H and O–H groups in total. The number of hydrogen-bond donors (Lipinski definition) is 1. The molecule has 0 radical (unpaired) electrons. The van der Waals surface area contributed by atoms with Crippen LogP contribution in [0.1, 0.15) is 12.2 Å². The lowest BCUT2D eigenvalue weighted by atomic mass is 10.1. The maximum absolute atomic E-state index is 14.7. The van der Waals surface area contributed by atoms with Crippen LogP contribution in [-0.2, 0) is 16.2 Å². The zero-order chi connectivity index (χ0) is 23.0. The van der Waals surface area contributed by atoms with Crippen molar-refractivity contribution in [3.63, 3.8) is 0 Å². The van der Waals surface area contributed by atoms with E-state index in [1.807, 2.05) is 23.7 Å². The Kier molecular flexibility index (Phi) is 6.63. The van der Waals surface area contributed by atoms with Gasteiger partial charge in [0.25, 0.3) is 10.0 Å². The Bertz CT molecular complexity index is 1070. The Labute approximate surface area is 182 Å². The lowest BCUT2D eigenvalue weighted by Crippen LogP contribution is -2.26. The molecule has 1 fully saturated rings. The van der Waals surface area contributed by atoms with Crippen LogP contribution in [0.15, 0.2) is 29.3 Å². The van der Waals surface area contributed by atoms with E-state index in [0.717, 1.165) is 37.4 Å². The molecule has 170 valence electrons. The van der Waals surface area contributed by atoms with Crippen molar-refractivity contribution in [1.29, 1.82) is 0 Å². The van der Waals surface area contributed by atoms with Crippen LogP contribution < -0.4 is 9.62 Å². The maximum Gasteiger partial charge on any atom is 0.451 e. The molecule has 0 amide bonds. The summed E-state index contributed by atoms with van der Waals surface area (Å²) in [5, 5.41) is 0.0194. The molecule has 1 aliphatic heterocycles. The second-order valence-electron chi connectivity index (χ2n) is 7.47. The van der Waals surface area contributed by atoms with E-state index < -0.39 is 38.6 Å². The highest BCUT2D eigenvalue weighted by Crippen LogP contribution is 2.35. The molecule has 0 bridgehead atoms. The number of aromatic nitrogens is 2. The summed E-state index contributed by atoms with van der Waals surface area (Å²) in [6.07, 6.45) is -3.23. The summed E-state index contributed by atoms with van der Waals surface area (Å²) in [6, 6.07) is 2.89. The van der Waals surface area contributed by atoms with Gasteiger partial charge in [-0.2, -0.15) is 13.2 Å². The minimum atomic E-state index is -4.86. The van der Waals surface area contributed by atoms with Crippen LogP contribution >= 0.6 is 11.6 Å². The summed E-state index contributed by atoms with van der Waals surface area (Å²) in [5.74, 6) is -2.89. The van der Waals surface area contributed by atoms with Crippen molar-refractivity contribution in [2.75, 3.05) is 43.4 Å². The third kappa shape index (κ3) is 5.55. The number of rotatable bonds is 6. The average molecular weight is 482 g/mol. The van der Waals surface area contributed by atoms with Crippen LogP contribution in [0, 0.1) is 11.7 Å². The standard InChI is InChI=1S/C18H20ClF4N5O2S/c1-27(2)9-11-4-6-28(10-11)14-8-13(20)15(7-12(14)19)31(29,30)26-16-3-5-24-17(25-16)18(21,22)23/h3,5,7-8,11H,4,6,9-10H2,1-2H3,(H,24,25,26)/t11-/m0/s1. The highest BCUT2D eigenvalue weighted by molar-refractivity contribution is 7.92. The van der Waals surface area contributed by atoms with E-state index in [1.54, 1.807) is 0 Å². The number of halogens is 5. The molecule has 13 heteroatoms. The molecule has 0 aliphatic carbocycles. The molecular weight excluding hydrogens is 462 g/mol. The summed E-state index contributed by atoms with van der Waals surface area (Å²) >= 11 is 6.24. The van der Waals surface area contributed by atoms with Crippen molar-refractivity contribution in [3.05, 3.63) is 41.1 Å². The molecule has 7 nitrogen and oxygen atoms in total. The predicted molar refractivity (Wildman–Crippen MR) is 108 cm³/mol. The van der Waals surface area contributed by atoms with Gasteiger partial charge >= 0.3 is 6.18 Å². The number of anilines is 2. The van der Waals surface area contributed by atoms with Crippen molar-refractivity contribution in [3.8, 4) is 0 Å². The SMILES string of the molecule is CN(C)C[C@@H]1CCN(c2cc(F)c(S(=O)(=O)Nc3ccnc(C(F)(F)F)n3)cc2Cl)C1. The quantitative estimate of drug-likeness (QED) is 0.636. The summed E-state index contributed by atoms with van der Waals surface area (Å²) in [7, 11) is -0.677. The first-order valence-corrected chi connectivity index (χ1v) is 11.0. The maximum atomic E-state index is 14.7. The molecular formula is C18H20ClF4N5O2S. The fraction of sp³-hybridized carbons (Fsp3) is 0.444. The van der Waals surface area contributed by atoms with Gasteiger partial charge in [0.05, 0.1) is 10.7 Å². The normalized spacial score (nSPS) is 17.4. The van der Waals surface area contributed by atoms with E-state index >= 15 is 0 Å². The average Bonchev–Trinajstić information content (AvgIpc) is 3.09. The predicted octanol–water partition coefficient (Wildman–Crippen LogP) is 3.48. The topological polar surface area (TPSA) is 78.4 Å². The van der Waals surface area contributed by atoms with Crippen LogP contribution in [0.4, 0.5) is 29.1 Å². The van der Waals surface area contributed by atoms with Gasteiger partial charge in [0.1, 0.15) is 16.5 Å². The molecule has 2 heterocycles. The molecule has 3 rings (SSSR count). The third-order valence-electron chi connectivity index (χ3n) is 4.69. The van der Waals surface area contributed by atoms with Gasteiger partial charge in [0, 0.05) is 31.9 Å². The van der Waals surface area contributed by atoms with E-state index in [2.05, 4.69) is 14.9 Å². The molecule has 0 saturated carbocycles. The Morgan fingerprint density at radius 2 is 2.03 bits per heavy atom. The number of sulfonamides is 1. The number of nitrogens with zero attached hydrogens (tertiary/aromatic N) is 4. The zero-order valence-corrected chi connectivity index (χ0v) is 18.2. The van der Waals surface area contributed by atoms with Gasteiger partial charge < -0.3 is 9.80 Å². The first-order chi connectivity index (χ1) is 14.4. The van der Waals surface area contributed by atoms with E-state index in [1.165, 1.54) is 0 Å². The molecule has 31 heavy (non-hydrogen) atoms. The van der Waals surface area contributed by atoms with E-state index in [9.17, 15) is 26.0 Å². The minimum absolute atomic E-state index is 0.0194. The van der Waals surface area contributed by atoms with Crippen LogP contribution in [0.3, 0.4) is 0 Å². The number of hydrogen-bond acceptors (Lipinski definition) is 6. The largest absolute Gasteiger partial charge is 0.451 e. The van der Waals surface area contributed by atoms with Crippen LogP contribution in [0.2, 0.25) is 5.02 Å². The second-order valence-corrected chi connectivity index (χ2v) is 9.52. The van der Waals surface area contributed by atoms with Crippen LogP contribution in [0.25, 0.3) is 0 Å². The van der Waals surface area contributed by atoms with Gasteiger partial charge in [-0.15, -0.1) is 0 Å². The minimum Gasteiger partial charge on any atom is -0.370 e. The second kappa shape index (κ2) is 8.75. The zero-order valence-electron chi connectivity index (χ0n) is 16.6. The monoisotopic (exact) mass is 481 g/mol. The Balaban J connectivity index is 1.84. The van der Waals surface area contributed by atoms with Gasteiger partial charge in [-0.05, 0) is 38.6 Å². The van der Waals surface area contributed by atoms with Crippen molar-refractivity contribution in [2.45, 2.75) is 17.5 Å². The highest BCUT2D eigenvalue weighted by atomic mass is 35.5. The third-order valence-corrected chi connectivity index (χ3v) is 6.36. The fourth-order valence-corrected chi connectivity index (χ4v) is 4.86. The van der Waals surface area contributed by atoms with Gasteiger partial charge in [-0.1, -0.05) is 11.6 Å². The first kappa shape index (κ1) is 23.5. The van der Waals surface area contributed by atoms with E-state index in [-0.39, 0.29) is 5.02 Å². The molecule has 0 unspecified atom stereocenters. The van der Waals surface area contributed by atoms with Crippen molar-refractivity contribution in [1.82, 2.24) is 14.9 Å². The molecule has 1 aromatic heterocycles. The highest BCUT2D eigenvalue weighted by Gasteiger charge is 2.35. The molecule has 1 aliphatic rings. The van der Waals surface area contributed by atoms with Crippen molar-refractivity contribution in [2.24, 2.45) is 5.92 Å². The van der Waals surface area contributed by atoms with E-state index in [0.29, 0.717) is 24.7 Å². The number of benzene rings is 1. The number of nitrogens with one attached hydrogen (secondary N) is 1. The summed E-state index contributed by atoms with van der Waals surface area (Å²) in [5.41, 5.74) is 0.362. The van der Waals surface area contributed by atoms with Crippen molar-refractivity contribution < 1.29 is 26.0 Å². The molecule has 0 spiro atoms. The van der Waals surface area contributed by atoms with Crippen molar-refractivity contribution >= 4 is 33.1 Å². The van der Waals surface area contributed by atoms with Gasteiger partial charge in [0.2, 0.25) is 5.82 Å². The smallest absolute Gasteiger partial charge is 0.370 e. The molecule has 1 aromatic carbocycles. The Hall–Kier alpha value is -2.18. The molecule has 1 atom stereocenters. The van der Waals surface area contributed by atoms with Gasteiger partial charge in [0.15, 0.2) is 0 Å². The molecule has 2 aromatic rings. The summed E-state index contributed by atoms with van der Waals surface area (Å²) in [6.45, 7) is 2.14. The Morgan fingerprint density at radius 1 is 1.32 bits per heavy atom. The lowest BCUT2D eigenvalue weighted by Gasteiger charge is -2.22. The van der Waals surface area contributed by atoms with Crippen LogP contribution in [0.5, 0.6) is 0 Å². The van der Waals surface area contributed by atoms with Crippen LogP contribution in [-0.4, -0.2) is 57.0 Å². The van der Waals surface area contributed by atoms with Gasteiger partial charge in [-0.3, -0.25) is 4.72 Å². The molecule has 1 saturated heterocycles. The lowest BCUT2D eigenvalue weighted by molar-refractivity contribution is -0.144. The number of alkyl halides is 3. The van der Waals surface area contributed by atoms with Gasteiger partial charge in [-0.25, -0.2) is 22.8 Å². The first-order valence-electron chi connectivity index (χ1n) is 9.18. The Morgan fingerprint density at radius 3 is 2.68 bits per heavy atom. The fourth-order valence-electron chi connectivity index (χ4n) is 3.43. The summed E-state index contributed by atoms with van der Waals surface area (Å²) in [4.78, 5) is 9.31.